The van der Waals surface area contributed by atoms with Crippen LogP contribution in [0.25, 0.3) is 49.0 Å². The van der Waals surface area contributed by atoms with Gasteiger partial charge >= 0.3 is 0 Å². The Balaban J connectivity index is 1.78. The van der Waals surface area contributed by atoms with Gasteiger partial charge < -0.3 is 4.40 Å². The van der Waals surface area contributed by atoms with Crippen LogP contribution < -0.4 is 4.57 Å². The smallest absolute Gasteiger partial charge is 0.224 e. The fourth-order valence-corrected chi connectivity index (χ4v) is 7.26. The minimum Gasteiger partial charge on any atom is -0.307 e. The molecule has 3 aromatic heterocycles. The third kappa shape index (κ3) is 3.00. The first-order valence-corrected chi connectivity index (χ1v) is 13.8. The van der Waals surface area contributed by atoms with Crippen molar-refractivity contribution in [2.75, 3.05) is 0 Å². The highest BCUT2D eigenvalue weighted by molar-refractivity contribution is 6.26. The van der Waals surface area contributed by atoms with Crippen LogP contribution >= 0.6 is 0 Å². The van der Waals surface area contributed by atoms with E-state index in [1.54, 1.807) is 0 Å². The van der Waals surface area contributed by atoms with E-state index in [0.29, 0.717) is 5.92 Å². The molecule has 0 atom stereocenters. The third-order valence-electron chi connectivity index (χ3n) is 8.94. The molecule has 0 radical (unpaired) electrons. The van der Waals surface area contributed by atoms with E-state index in [1.165, 1.54) is 96.9 Å². The normalized spacial score (nSPS) is 15.6. The van der Waals surface area contributed by atoms with Crippen LogP contribution in [0.5, 0.6) is 0 Å². The molecule has 1 fully saturated rings. The number of hydrogen-bond acceptors (Lipinski definition) is 0. The van der Waals surface area contributed by atoms with Gasteiger partial charge in [0, 0.05) is 16.8 Å². The van der Waals surface area contributed by atoms with Crippen LogP contribution in [-0.4, -0.2) is 4.40 Å². The Morgan fingerprint density at radius 2 is 1.69 bits per heavy atom. The summed E-state index contributed by atoms with van der Waals surface area (Å²) in [5, 5.41) is 7.06. The number of fused-ring (bicyclic) bond motifs is 5. The molecule has 2 heteroatoms. The number of hydrogen-bond donors (Lipinski definition) is 0. The Morgan fingerprint density at radius 1 is 0.917 bits per heavy atom. The Morgan fingerprint density at radius 3 is 2.44 bits per heavy atom. The van der Waals surface area contributed by atoms with Crippen LogP contribution in [0.3, 0.4) is 0 Å². The first-order valence-electron chi connectivity index (χ1n) is 13.8. The minimum absolute atomic E-state index is 0.233. The SMILES string of the molecule is Cc1cc2c3c(CC(C)(C)C)cccc3n3c4cc(C5CCCC5)cc5cc[n+](C)c(c(c1C)c23)c54. The summed E-state index contributed by atoms with van der Waals surface area (Å²) in [4.78, 5) is 0. The van der Waals surface area contributed by atoms with E-state index < -0.39 is 0 Å². The summed E-state index contributed by atoms with van der Waals surface area (Å²) in [7, 11) is 2.22. The highest BCUT2D eigenvalue weighted by Gasteiger charge is 2.28. The van der Waals surface area contributed by atoms with Gasteiger partial charge in [-0.3, -0.25) is 0 Å². The van der Waals surface area contributed by atoms with E-state index >= 15 is 0 Å². The van der Waals surface area contributed by atoms with Gasteiger partial charge in [0.1, 0.15) is 7.05 Å². The molecular weight excluding hydrogens is 436 g/mol. The Hall–Kier alpha value is -3.13. The zero-order valence-corrected chi connectivity index (χ0v) is 22.6. The molecule has 3 heterocycles. The minimum atomic E-state index is 0.233. The molecular formula is C34H37N2+. The summed E-state index contributed by atoms with van der Waals surface area (Å²) in [6, 6.07) is 16.9. The maximum absolute atomic E-state index is 2.63. The molecule has 0 saturated heterocycles. The lowest BCUT2D eigenvalue weighted by Crippen LogP contribution is -2.29. The van der Waals surface area contributed by atoms with Crippen LogP contribution in [-0.2, 0) is 13.5 Å². The number of aryl methyl sites for hydroxylation is 3. The van der Waals surface area contributed by atoms with Crippen molar-refractivity contribution in [2.24, 2.45) is 12.5 Å². The first-order chi connectivity index (χ1) is 17.2. The van der Waals surface area contributed by atoms with Crippen molar-refractivity contribution in [3.63, 3.8) is 0 Å². The number of aromatic nitrogens is 2. The lowest BCUT2D eigenvalue weighted by atomic mass is 9.86. The van der Waals surface area contributed by atoms with Crippen molar-refractivity contribution < 1.29 is 4.57 Å². The van der Waals surface area contributed by atoms with Crippen molar-refractivity contribution in [3.8, 4) is 0 Å². The Bertz CT molecular complexity index is 1820. The van der Waals surface area contributed by atoms with E-state index in [9.17, 15) is 0 Å². The van der Waals surface area contributed by atoms with Gasteiger partial charge in [0.2, 0.25) is 5.52 Å². The van der Waals surface area contributed by atoms with Crippen LogP contribution in [0, 0.1) is 19.3 Å². The highest BCUT2D eigenvalue weighted by Crippen LogP contribution is 2.45. The highest BCUT2D eigenvalue weighted by atomic mass is 15.0. The van der Waals surface area contributed by atoms with Gasteiger partial charge in [0.15, 0.2) is 6.20 Å². The van der Waals surface area contributed by atoms with Crippen LogP contribution in [0.4, 0.5) is 0 Å². The summed E-state index contributed by atoms with van der Waals surface area (Å²) >= 11 is 0. The van der Waals surface area contributed by atoms with Crippen LogP contribution in [0.1, 0.15) is 74.6 Å². The number of benzene rings is 3. The predicted molar refractivity (Wildman–Crippen MR) is 154 cm³/mol. The quantitative estimate of drug-likeness (QED) is 0.135. The molecule has 6 aromatic rings. The monoisotopic (exact) mass is 473 g/mol. The number of rotatable bonds is 2. The molecule has 1 saturated carbocycles. The summed E-state index contributed by atoms with van der Waals surface area (Å²) < 4.78 is 4.99. The summed E-state index contributed by atoms with van der Waals surface area (Å²) in [5.74, 6) is 0.693. The van der Waals surface area contributed by atoms with Crippen molar-refractivity contribution in [3.05, 3.63) is 70.9 Å². The summed E-state index contributed by atoms with van der Waals surface area (Å²) in [5.41, 5.74) is 11.5. The maximum atomic E-state index is 2.63. The molecule has 7 rings (SSSR count). The molecule has 0 spiro atoms. The number of nitrogens with zero attached hydrogens (tertiary/aromatic N) is 2. The second-order valence-corrected chi connectivity index (χ2v) is 12.7. The van der Waals surface area contributed by atoms with Crippen molar-refractivity contribution in [2.45, 2.75) is 72.6 Å². The first kappa shape index (κ1) is 22.1. The molecule has 2 nitrogen and oxygen atoms in total. The fourth-order valence-electron chi connectivity index (χ4n) is 7.26. The van der Waals surface area contributed by atoms with E-state index in [2.05, 4.69) is 99.3 Å². The van der Waals surface area contributed by atoms with Crippen molar-refractivity contribution in [1.82, 2.24) is 4.40 Å². The van der Waals surface area contributed by atoms with Gasteiger partial charge in [-0.1, -0.05) is 51.8 Å². The second-order valence-electron chi connectivity index (χ2n) is 12.7. The van der Waals surface area contributed by atoms with Crippen LogP contribution in [0.15, 0.2) is 48.7 Å². The lowest BCUT2D eigenvalue weighted by molar-refractivity contribution is -0.643. The number of pyridine rings is 2. The van der Waals surface area contributed by atoms with Gasteiger partial charge in [-0.05, 0) is 90.3 Å². The van der Waals surface area contributed by atoms with Crippen LogP contribution in [0.2, 0.25) is 0 Å². The van der Waals surface area contributed by atoms with E-state index in [4.69, 9.17) is 0 Å². The Kier molecular flexibility index (Phi) is 4.57. The van der Waals surface area contributed by atoms with Gasteiger partial charge in [-0.25, -0.2) is 4.57 Å². The van der Waals surface area contributed by atoms with Gasteiger partial charge in [-0.2, -0.15) is 0 Å². The standard InChI is InChI=1S/C34H37N2/c1-20-16-26-30-24(19-34(3,4)5)12-9-13-27(30)36-28-18-25(22-10-7-8-11-22)17-23-14-15-35(6)33(31(23)28)29(21(20)2)32(26)36/h9,12-18,22H,7-8,10-11,19H2,1-6H3/q+1. The molecule has 36 heavy (non-hydrogen) atoms. The fraction of sp³-hybridized carbons (Fsp3) is 0.382. The Labute approximate surface area is 213 Å². The molecule has 3 aromatic carbocycles. The maximum Gasteiger partial charge on any atom is 0.224 e. The molecule has 0 unspecified atom stereocenters. The van der Waals surface area contributed by atoms with E-state index in [-0.39, 0.29) is 5.41 Å². The average molecular weight is 474 g/mol. The zero-order valence-electron chi connectivity index (χ0n) is 22.6. The molecule has 0 aliphatic heterocycles. The van der Waals surface area contributed by atoms with Crippen molar-refractivity contribution in [1.29, 1.82) is 0 Å². The largest absolute Gasteiger partial charge is 0.307 e. The average Bonchev–Trinajstić information content (AvgIpc) is 3.47. The van der Waals surface area contributed by atoms with Gasteiger partial charge in [0.25, 0.3) is 0 Å². The zero-order chi connectivity index (χ0) is 24.9. The molecule has 0 N–H and O–H groups in total. The lowest BCUT2D eigenvalue weighted by Gasteiger charge is -2.19. The van der Waals surface area contributed by atoms with E-state index in [0.717, 1.165) is 6.42 Å². The van der Waals surface area contributed by atoms with Gasteiger partial charge in [-0.15, -0.1) is 0 Å². The topological polar surface area (TPSA) is 8.29 Å². The summed E-state index contributed by atoms with van der Waals surface area (Å²) in [6.45, 7) is 11.7. The summed E-state index contributed by atoms with van der Waals surface area (Å²) in [6.07, 6.45) is 8.72. The third-order valence-corrected chi connectivity index (χ3v) is 8.94. The molecule has 1 aliphatic rings. The van der Waals surface area contributed by atoms with Gasteiger partial charge in [0.05, 0.1) is 27.3 Å². The molecule has 0 amide bonds. The van der Waals surface area contributed by atoms with E-state index in [1.807, 2.05) is 0 Å². The molecule has 1 aliphatic carbocycles. The second kappa shape index (κ2) is 7.44. The molecule has 0 bridgehead atoms. The predicted octanol–water partition coefficient (Wildman–Crippen LogP) is 8.68. The van der Waals surface area contributed by atoms with Crippen molar-refractivity contribution >= 4 is 49.0 Å². The molecule has 182 valence electrons.